The van der Waals surface area contributed by atoms with Crippen molar-refractivity contribution in [2.24, 2.45) is 0 Å². The van der Waals surface area contributed by atoms with Gasteiger partial charge in [-0.15, -0.1) is 0 Å². The van der Waals surface area contributed by atoms with E-state index in [1.807, 2.05) is 24.3 Å². The maximum atomic E-state index is 5.87. The van der Waals surface area contributed by atoms with Crippen LogP contribution in [-0.4, -0.2) is 56.1 Å². The third kappa shape index (κ3) is 4.68. The SMILES string of the molecule is CN1CCC(N(C)CCNc2ccc(Cl)cc2)CC1. The number of hydrogen-bond acceptors (Lipinski definition) is 3. The van der Waals surface area contributed by atoms with Gasteiger partial charge in [-0.3, -0.25) is 0 Å². The molecule has 2 rings (SSSR count). The molecule has 1 N–H and O–H groups in total. The second-order valence-corrected chi connectivity index (χ2v) is 5.89. The predicted octanol–water partition coefficient (Wildman–Crippen LogP) is 2.78. The molecule has 1 aromatic carbocycles. The van der Waals surface area contributed by atoms with E-state index < -0.39 is 0 Å². The molecule has 0 aliphatic carbocycles. The van der Waals surface area contributed by atoms with Gasteiger partial charge in [-0.25, -0.2) is 0 Å². The molecule has 0 radical (unpaired) electrons. The van der Waals surface area contributed by atoms with E-state index in [0.717, 1.165) is 29.8 Å². The second-order valence-electron chi connectivity index (χ2n) is 5.45. The average molecular weight is 282 g/mol. The Morgan fingerprint density at radius 2 is 1.89 bits per heavy atom. The van der Waals surface area contributed by atoms with Crippen molar-refractivity contribution < 1.29 is 0 Å². The van der Waals surface area contributed by atoms with Crippen molar-refractivity contribution in [3.8, 4) is 0 Å². The van der Waals surface area contributed by atoms with Crippen molar-refractivity contribution in [2.75, 3.05) is 45.6 Å². The molecule has 0 aromatic heterocycles. The molecule has 1 aromatic rings. The minimum atomic E-state index is 0.739. The van der Waals surface area contributed by atoms with E-state index >= 15 is 0 Å². The number of likely N-dealkylation sites (N-methyl/N-ethyl adjacent to an activating group) is 1. The highest BCUT2D eigenvalue weighted by atomic mass is 35.5. The van der Waals surface area contributed by atoms with Crippen LogP contribution in [0.15, 0.2) is 24.3 Å². The van der Waals surface area contributed by atoms with Gasteiger partial charge in [0.1, 0.15) is 0 Å². The van der Waals surface area contributed by atoms with Gasteiger partial charge in [0.25, 0.3) is 0 Å². The molecular weight excluding hydrogens is 258 g/mol. The third-order valence-corrected chi connectivity index (χ3v) is 4.20. The Bertz CT molecular complexity index is 371. The van der Waals surface area contributed by atoms with Crippen LogP contribution < -0.4 is 5.32 Å². The summed E-state index contributed by atoms with van der Waals surface area (Å²) >= 11 is 5.87. The Morgan fingerprint density at radius 1 is 1.26 bits per heavy atom. The van der Waals surface area contributed by atoms with Gasteiger partial charge in [0, 0.05) is 29.8 Å². The fourth-order valence-electron chi connectivity index (χ4n) is 2.56. The largest absolute Gasteiger partial charge is 0.384 e. The maximum Gasteiger partial charge on any atom is 0.0407 e. The average Bonchev–Trinajstić information content (AvgIpc) is 2.41. The smallest absolute Gasteiger partial charge is 0.0407 e. The van der Waals surface area contributed by atoms with Gasteiger partial charge < -0.3 is 15.1 Å². The molecule has 1 heterocycles. The van der Waals surface area contributed by atoms with Crippen LogP contribution in [0.5, 0.6) is 0 Å². The number of likely N-dealkylation sites (tertiary alicyclic amines) is 1. The molecule has 1 aliphatic rings. The fourth-order valence-corrected chi connectivity index (χ4v) is 2.69. The van der Waals surface area contributed by atoms with Gasteiger partial charge in [0.05, 0.1) is 0 Å². The molecule has 0 unspecified atom stereocenters. The lowest BCUT2D eigenvalue weighted by molar-refractivity contribution is 0.148. The van der Waals surface area contributed by atoms with Crippen molar-refractivity contribution in [1.82, 2.24) is 9.80 Å². The third-order valence-electron chi connectivity index (χ3n) is 3.95. The van der Waals surface area contributed by atoms with Crippen molar-refractivity contribution in [3.63, 3.8) is 0 Å². The molecule has 1 fully saturated rings. The lowest BCUT2D eigenvalue weighted by Crippen LogP contribution is -2.43. The molecule has 0 amide bonds. The van der Waals surface area contributed by atoms with Crippen LogP contribution in [0.1, 0.15) is 12.8 Å². The molecule has 1 aliphatic heterocycles. The molecule has 0 atom stereocenters. The number of nitrogens with one attached hydrogen (secondary N) is 1. The van der Waals surface area contributed by atoms with Crippen LogP contribution >= 0.6 is 11.6 Å². The standard InChI is InChI=1S/C15H24ClN3/c1-18-10-7-15(8-11-18)19(2)12-9-17-14-5-3-13(16)4-6-14/h3-6,15,17H,7-12H2,1-2H3. The van der Waals surface area contributed by atoms with Crippen molar-refractivity contribution in [2.45, 2.75) is 18.9 Å². The number of hydrogen-bond donors (Lipinski definition) is 1. The molecule has 0 bridgehead atoms. The van der Waals surface area contributed by atoms with E-state index in [1.54, 1.807) is 0 Å². The number of rotatable bonds is 5. The lowest BCUT2D eigenvalue weighted by atomic mass is 10.0. The first kappa shape index (κ1) is 14.6. The summed E-state index contributed by atoms with van der Waals surface area (Å²) in [6.07, 6.45) is 2.57. The Hall–Kier alpha value is -0.770. The normalized spacial score (nSPS) is 17.9. The summed E-state index contributed by atoms with van der Waals surface area (Å²) in [5.41, 5.74) is 1.14. The first-order valence-corrected chi connectivity index (χ1v) is 7.41. The Labute approximate surface area is 121 Å². The first-order chi connectivity index (χ1) is 9.15. The van der Waals surface area contributed by atoms with E-state index in [-0.39, 0.29) is 0 Å². The first-order valence-electron chi connectivity index (χ1n) is 7.03. The van der Waals surface area contributed by atoms with Gasteiger partial charge in [0.2, 0.25) is 0 Å². The van der Waals surface area contributed by atoms with Crippen LogP contribution in [0.4, 0.5) is 5.69 Å². The summed E-state index contributed by atoms with van der Waals surface area (Å²) in [6.45, 7) is 4.50. The highest BCUT2D eigenvalue weighted by molar-refractivity contribution is 6.30. The van der Waals surface area contributed by atoms with Gasteiger partial charge >= 0.3 is 0 Å². The predicted molar refractivity (Wildman–Crippen MR) is 83.1 cm³/mol. The molecule has 1 saturated heterocycles. The summed E-state index contributed by atoms with van der Waals surface area (Å²) < 4.78 is 0. The van der Waals surface area contributed by atoms with Crippen LogP contribution in [0, 0.1) is 0 Å². The van der Waals surface area contributed by atoms with Crippen LogP contribution in [0.3, 0.4) is 0 Å². The Kier molecular flexibility index (Phi) is 5.49. The molecular formula is C15H24ClN3. The van der Waals surface area contributed by atoms with Crippen molar-refractivity contribution >= 4 is 17.3 Å². The number of halogens is 1. The quantitative estimate of drug-likeness (QED) is 0.895. The Balaban J connectivity index is 1.69. The monoisotopic (exact) mass is 281 g/mol. The number of benzene rings is 1. The van der Waals surface area contributed by atoms with E-state index in [2.05, 4.69) is 29.2 Å². The van der Waals surface area contributed by atoms with Gasteiger partial charge in [-0.05, 0) is 64.3 Å². The lowest BCUT2D eigenvalue weighted by Gasteiger charge is -2.35. The van der Waals surface area contributed by atoms with Crippen molar-refractivity contribution in [3.05, 3.63) is 29.3 Å². The van der Waals surface area contributed by atoms with Crippen LogP contribution in [0.25, 0.3) is 0 Å². The van der Waals surface area contributed by atoms with Gasteiger partial charge in [-0.2, -0.15) is 0 Å². The van der Waals surface area contributed by atoms with E-state index in [0.29, 0.717) is 0 Å². The summed E-state index contributed by atoms with van der Waals surface area (Å²) in [5.74, 6) is 0. The summed E-state index contributed by atoms with van der Waals surface area (Å²) in [4.78, 5) is 4.90. The number of nitrogens with zero attached hydrogens (tertiary/aromatic N) is 2. The topological polar surface area (TPSA) is 18.5 Å². The summed E-state index contributed by atoms with van der Waals surface area (Å²) in [5, 5.41) is 4.23. The maximum absolute atomic E-state index is 5.87. The highest BCUT2D eigenvalue weighted by Crippen LogP contribution is 2.15. The molecule has 106 valence electrons. The van der Waals surface area contributed by atoms with Crippen molar-refractivity contribution in [1.29, 1.82) is 0 Å². The minimum Gasteiger partial charge on any atom is -0.384 e. The zero-order valence-corrected chi connectivity index (χ0v) is 12.7. The highest BCUT2D eigenvalue weighted by Gasteiger charge is 2.19. The zero-order valence-electron chi connectivity index (χ0n) is 11.9. The molecule has 0 spiro atoms. The van der Waals surface area contributed by atoms with Gasteiger partial charge in [0.15, 0.2) is 0 Å². The van der Waals surface area contributed by atoms with Crippen LogP contribution in [-0.2, 0) is 0 Å². The van der Waals surface area contributed by atoms with Gasteiger partial charge in [-0.1, -0.05) is 11.6 Å². The molecule has 19 heavy (non-hydrogen) atoms. The fraction of sp³-hybridized carbons (Fsp3) is 0.600. The number of anilines is 1. The van der Waals surface area contributed by atoms with E-state index in [4.69, 9.17) is 11.6 Å². The Morgan fingerprint density at radius 3 is 2.53 bits per heavy atom. The summed E-state index contributed by atoms with van der Waals surface area (Å²) in [7, 11) is 4.44. The van der Waals surface area contributed by atoms with E-state index in [9.17, 15) is 0 Å². The molecule has 4 heteroatoms. The number of piperidine rings is 1. The zero-order chi connectivity index (χ0) is 13.7. The van der Waals surface area contributed by atoms with Crippen LogP contribution in [0.2, 0.25) is 5.02 Å². The molecule has 0 saturated carbocycles. The second kappa shape index (κ2) is 7.13. The molecule has 3 nitrogen and oxygen atoms in total. The minimum absolute atomic E-state index is 0.739. The summed E-state index contributed by atoms with van der Waals surface area (Å²) in [6, 6.07) is 8.63. The van der Waals surface area contributed by atoms with E-state index in [1.165, 1.54) is 25.9 Å².